The number of nitrogens with one attached hydrogen (secondary N) is 2. The van der Waals surface area contributed by atoms with Crippen molar-refractivity contribution in [3.8, 4) is 11.8 Å². The van der Waals surface area contributed by atoms with Crippen molar-refractivity contribution in [1.29, 1.82) is 0 Å². The molecule has 2 aromatic rings. The minimum Gasteiger partial charge on any atom is -0.391 e. The molecule has 1 amide bonds. The third kappa shape index (κ3) is 6.40. The molecule has 2 aliphatic rings. The number of rotatable bonds is 6. The number of aliphatic hydroxyl groups is 1. The lowest BCUT2D eigenvalue weighted by Gasteiger charge is -2.36. The number of hydrogen-bond donors (Lipinski definition) is 4. The van der Waals surface area contributed by atoms with Crippen LogP contribution in [-0.2, 0) is 16.1 Å². The Balaban J connectivity index is 1.46. The Hall–Kier alpha value is -2.93. The molecule has 0 aliphatic carbocycles. The van der Waals surface area contributed by atoms with Crippen molar-refractivity contribution in [2.75, 3.05) is 44.8 Å². The molecule has 0 spiro atoms. The van der Waals surface area contributed by atoms with E-state index >= 15 is 0 Å². The molecule has 1 unspecified atom stereocenters. The molecule has 0 aromatic heterocycles. The van der Waals surface area contributed by atoms with Crippen molar-refractivity contribution in [2.24, 2.45) is 0 Å². The highest BCUT2D eigenvalue weighted by atomic mass is 16.5. The summed E-state index contributed by atoms with van der Waals surface area (Å²) < 4.78 is 5.42. The maximum absolute atomic E-state index is 12.0. The van der Waals surface area contributed by atoms with Crippen LogP contribution in [0.5, 0.6) is 0 Å². The van der Waals surface area contributed by atoms with Crippen molar-refractivity contribution in [1.82, 2.24) is 15.7 Å². The average molecular weight is 479 g/mol. The van der Waals surface area contributed by atoms with Gasteiger partial charge in [0.25, 0.3) is 5.91 Å². The summed E-state index contributed by atoms with van der Waals surface area (Å²) in [6.45, 7) is 6.79. The summed E-state index contributed by atoms with van der Waals surface area (Å²) in [5.74, 6) is 5.88. The molecule has 0 bridgehead atoms. The average Bonchev–Trinajstić information content (AvgIpc) is 2.88. The van der Waals surface area contributed by atoms with Gasteiger partial charge in [-0.3, -0.25) is 20.2 Å². The first-order valence-electron chi connectivity index (χ1n) is 12.1. The molecule has 0 radical (unpaired) electrons. The fourth-order valence-electron chi connectivity index (χ4n) is 4.59. The number of nitrogens with zero attached hydrogens (tertiary/aromatic N) is 2. The van der Waals surface area contributed by atoms with E-state index in [4.69, 9.17) is 9.94 Å². The highest BCUT2D eigenvalue weighted by Crippen LogP contribution is 2.34. The van der Waals surface area contributed by atoms with Gasteiger partial charge in [-0.2, -0.15) is 0 Å². The van der Waals surface area contributed by atoms with E-state index in [1.807, 2.05) is 19.2 Å². The molecule has 4 N–H and O–H groups in total. The van der Waals surface area contributed by atoms with E-state index in [-0.39, 0.29) is 6.04 Å². The van der Waals surface area contributed by atoms with E-state index in [1.54, 1.807) is 5.48 Å². The number of morpholine rings is 1. The second kappa shape index (κ2) is 11.7. The third-order valence-electron chi connectivity index (χ3n) is 6.64. The number of fused-ring (bicyclic) bond motifs is 1. The Morgan fingerprint density at radius 2 is 1.80 bits per heavy atom. The van der Waals surface area contributed by atoms with E-state index in [1.165, 1.54) is 12.5 Å². The van der Waals surface area contributed by atoms with Gasteiger partial charge < -0.3 is 14.7 Å². The lowest BCUT2D eigenvalue weighted by atomic mass is 9.94. The van der Waals surface area contributed by atoms with E-state index in [0.717, 1.165) is 68.2 Å². The van der Waals surface area contributed by atoms with Gasteiger partial charge in [0.2, 0.25) is 0 Å². The van der Waals surface area contributed by atoms with Crippen LogP contribution < -0.4 is 15.7 Å². The van der Waals surface area contributed by atoms with Crippen LogP contribution in [0.15, 0.2) is 42.5 Å². The fourth-order valence-corrected chi connectivity index (χ4v) is 4.59. The minimum atomic E-state index is -0.948. The molecule has 1 saturated heterocycles. The number of amides is 1. The first-order valence-corrected chi connectivity index (χ1v) is 12.1. The number of ether oxygens (including phenoxy) is 1. The molecule has 3 atom stereocenters. The van der Waals surface area contributed by atoms with Crippen LogP contribution in [0.25, 0.3) is 0 Å². The van der Waals surface area contributed by atoms with Crippen LogP contribution in [0.1, 0.15) is 41.6 Å². The van der Waals surface area contributed by atoms with Gasteiger partial charge in [-0.25, -0.2) is 5.48 Å². The zero-order chi connectivity index (χ0) is 24.8. The first kappa shape index (κ1) is 25.2. The smallest absolute Gasteiger partial charge is 0.263 e. The summed E-state index contributed by atoms with van der Waals surface area (Å²) in [6, 6.07) is 13.4. The van der Waals surface area contributed by atoms with Gasteiger partial charge in [0.15, 0.2) is 0 Å². The monoisotopic (exact) mass is 478 g/mol. The molecule has 2 aromatic carbocycles. The highest BCUT2D eigenvalue weighted by Gasteiger charge is 2.30. The normalized spacial score (nSPS) is 19.8. The van der Waals surface area contributed by atoms with Gasteiger partial charge in [0.1, 0.15) is 6.04 Å². The van der Waals surface area contributed by atoms with Gasteiger partial charge in [-0.05, 0) is 48.7 Å². The molecule has 35 heavy (non-hydrogen) atoms. The highest BCUT2D eigenvalue weighted by molar-refractivity contribution is 5.81. The molecule has 0 saturated carbocycles. The second-order valence-corrected chi connectivity index (χ2v) is 9.23. The zero-order valence-corrected chi connectivity index (χ0v) is 20.3. The topological polar surface area (TPSA) is 97.3 Å². The molecular weight excluding hydrogens is 444 g/mol. The van der Waals surface area contributed by atoms with Gasteiger partial charge in [-0.1, -0.05) is 30.0 Å². The van der Waals surface area contributed by atoms with E-state index in [9.17, 15) is 9.90 Å². The van der Waals surface area contributed by atoms with Crippen LogP contribution in [0.4, 0.5) is 5.69 Å². The summed E-state index contributed by atoms with van der Waals surface area (Å²) in [5, 5.41) is 22.2. The van der Waals surface area contributed by atoms with Crippen LogP contribution in [0, 0.1) is 11.8 Å². The number of carbonyl (C=O) groups excluding carboxylic acids is 1. The summed E-state index contributed by atoms with van der Waals surface area (Å²) in [4.78, 5) is 16.5. The number of carbonyl (C=O) groups is 1. The van der Waals surface area contributed by atoms with Crippen LogP contribution in [0.3, 0.4) is 0 Å². The van der Waals surface area contributed by atoms with Gasteiger partial charge in [-0.15, -0.1) is 0 Å². The van der Waals surface area contributed by atoms with Crippen LogP contribution in [0.2, 0.25) is 0 Å². The molecule has 186 valence electrons. The Bertz CT molecular complexity index is 1070. The predicted molar refractivity (Wildman–Crippen MR) is 134 cm³/mol. The van der Waals surface area contributed by atoms with Gasteiger partial charge in [0, 0.05) is 56.1 Å². The van der Waals surface area contributed by atoms with Crippen molar-refractivity contribution in [3.63, 3.8) is 0 Å². The summed E-state index contributed by atoms with van der Waals surface area (Å²) in [5.41, 5.74) is 6.86. The van der Waals surface area contributed by atoms with Crippen molar-refractivity contribution in [2.45, 2.75) is 38.1 Å². The Morgan fingerprint density at radius 1 is 1.11 bits per heavy atom. The van der Waals surface area contributed by atoms with E-state index < -0.39 is 18.1 Å². The largest absolute Gasteiger partial charge is 0.391 e. The second-order valence-electron chi connectivity index (χ2n) is 9.23. The molecule has 1 fully saturated rings. The molecule has 2 heterocycles. The third-order valence-corrected chi connectivity index (χ3v) is 6.64. The molecule has 2 aliphatic heterocycles. The number of aliphatic hydroxyl groups excluding tert-OH is 1. The summed E-state index contributed by atoms with van der Waals surface area (Å²) in [6.07, 6.45) is -0.177. The summed E-state index contributed by atoms with van der Waals surface area (Å²) in [7, 11) is 2.03. The van der Waals surface area contributed by atoms with E-state index in [0.29, 0.717) is 0 Å². The molecular formula is C27H34N4O4. The van der Waals surface area contributed by atoms with Crippen LogP contribution >= 0.6 is 0 Å². The Labute approximate surface area is 206 Å². The number of benzene rings is 2. The zero-order valence-electron chi connectivity index (χ0n) is 20.3. The van der Waals surface area contributed by atoms with Gasteiger partial charge >= 0.3 is 0 Å². The lowest BCUT2D eigenvalue weighted by molar-refractivity contribution is -0.134. The number of anilines is 1. The lowest BCUT2D eigenvalue weighted by Crippen LogP contribution is -2.51. The minimum absolute atomic E-state index is 0.126. The SMILES string of the molecule is C[C@@H](O)[C@H](NC1CCN(C)c2cc(C#Cc3ccc(CN4CCOCC4)cc3)ccc21)C(=O)NO. The molecule has 8 heteroatoms. The summed E-state index contributed by atoms with van der Waals surface area (Å²) >= 11 is 0. The Kier molecular flexibility index (Phi) is 8.39. The van der Waals surface area contributed by atoms with Gasteiger partial charge in [0.05, 0.1) is 19.3 Å². The van der Waals surface area contributed by atoms with Crippen molar-refractivity contribution in [3.05, 3.63) is 64.7 Å². The maximum atomic E-state index is 12.0. The van der Waals surface area contributed by atoms with Crippen molar-refractivity contribution >= 4 is 11.6 Å². The molecule has 8 nitrogen and oxygen atoms in total. The number of hydroxylamine groups is 1. The first-order chi connectivity index (χ1) is 16.9. The predicted octanol–water partition coefficient (Wildman–Crippen LogP) is 1.64. The number of hydrogen-bond acceptors (Lipinski definition) is 7. The Morgan fingerprint density at radius 3 is 2.49 bits per heavy atom. The molecule has 4 rings (SSSR count). The standard InChI is InChI=1S/C27H34N4O4/c1-19(32)26(27(33)29-34)28-24-11-12-30(2)25-17-21(9-10-23(24)25)6-3-20-4-7-22(8-5-20)18-31-13-15-35-16-14-31/h4-5,7-10,17,19,24,26,28,32,34H,11-16,18H2,1-2H3,(H,29,33)/t19-,24?,26+/m1/s1. The van der Waals surface area contributed by atoms with E-state index in [2.05, 4.69) is 57.3 Å². The quantitative estimate of drug-likeness (QED) is 0.285. The fraction of sp³-hybridized carbons (Fsp3) is 0.444. The van der Waals surface area contributed by atoms with Crippen molar-refractivity contribution < 1.29 is 19.8 Å². The van der Waals surface area contributed by atoms with Crippen LogP contribution in [-0.4, -0.2) is 73.2 Å². The maximum Gasteiger partial charge on any atom is 0.263 e.